The van der Waals surface area contributed by atoms with E-state index < -0.39 is 6.10 Å². The molecule has 1 aromatic rings. The molecule has 0 spiro atoms. The van der Waals surface area contributed by atoms with Crippen molar-refractivity contribution in [3.8, 4) is 11.5 Å². The molecular formula is C14H20O3. The zero-order valence-corrected chi connectivity index (χ0v) is 10.4. The van der Waals surface area contributed by atoms with E-state index in [1.54, 1.807) is 0 Å². The highest BCUT2D eigenvalue weighted by molar-refractivity contribution is 5.40. The molecule has 0 aromatic heterocycles. The van der Waals surface area contributed by atoms with Crippen molar-refractivity contribution in [1.29, 1.82) is 0 Å². The average Bonchev–Trinajstić information content (AvgIpc) is 2.38. The van der Waals surface area contributed by atoms with Crippen LogP contribution in [0.3, 0.4) is 0 Å². The second-order valence-corrected chi connectivity index (χ2v) is 4.73. The highest BCUT2D eigenvalue weighted by atomic mass is 16.6. The Bertz CT molecular complexity index is 364. The Hall–Kier alpha value is -1.22. The number of fused-ring (bicyclic) bond motifs is 1. The van der Waals surface area contributed by atoms with Gasteiger partial charge in [0.2, 0.25) is 0 Å². The number of para-hydroxylation sites is 2. The normalized spacial score (nSPS) is 21.9. The van der Waals surface area contributed by atoms with Crippen molar-refractivity contribution in [3.05, 3.63) is 24.3 Å². The first-order valence-corrected chi connectivity index (χ1v) is 6.27. The third-order valence-electron chi connectivity index (χ3n) is 3.30. The van der Waals surface area contributed by atoms with Crippen molar-refractivity contribution in [3.63, 3.8) is 0 Å². The Morgan fingerprint density at radius 2 is 2.06 bits per heavy atom. The lowest BCUT2D eigenvalue weighted by Gasteiger charge is -2.30. The van der Waals surface area contributed by atoms with Crippen molar-refractivity contribution >= 4 is 0 Å². The zero-order chi connectivity index (χ0) is 12.3. The van der Waals surface area contributed by atoms with Gasteiger partial charge in [-0.1, -0.05) is 32.4 Å². The van der Waals surface area contributed by atoms with E-state index in [0.717, 1.165) is 24.3 Å². The van der Waals surface area contributed by atoms with E-state index in [4.69, 9.17) is 9.47 Å². The number of ether oxygens (including phenoxy) is 2. The van der Waals surface area contributed by atoms with Crippen molar-refractivity contribution in [2.24, 2.45) is 5.92 Å². The molecule has 1 aliphatic rings. The standard InChI is InChI=1S/C14H20O3/c1-3-10(2)8-11(15)14-9-16-12-6-4-5-7-13(12)17-14/h4-7,10-11,14-15H,3,8-9H2,1-2H3. The van der Waals surface area contributed by atoms with Crippen molar-refractivity contribution < 1.29 is 14.6 Å². The molecule has 1 N–H and O–H groups in total. The number of rotatable bonds is 4. The molecule has 0 saturated heterocycles. The van der Waals surface area contributed by atoms with Gasteiger partial charge in [-0.2, -0.15) is 0 Å². The SMILES string of the molecule is CCC(C)CC(O)C1COc2ccccc2O1. The van der Waals surface area contributed by atoms with E-state index in [0.29, 0.717) is 12.5 Å². The lowest BCUT2D eigenvalue weighted by Crippen LogP contribution is -2.40. The van der Waals surface area contributed by atoms with Crippen LogP contribution in [0.15, 0.2) is 24.3 Å². The minimum atomic E-state index is -0.460. The molecule has 3 nitrogen and oxygen atoms in total. The Morgan fingerprint density at radius 3 is 2.76 bits per heavy atom. The summed E-state index contributed by atoms with van der Waals surface area (Å²) in [5.41, 5.74) is 0. The van der Waals surface area contributed by atoms with E-state index in [1.807, 2.05) is 24.3 Å². The van der Waals surface area contributed by atoms with Crippen molar-refractivity contribution in [1.82, 2.24) is 0 Å². The summed E-state index contributed by atoms with van der Waals surface area (Å²) in [6.45, 7) is 4.69. The summed E-state index contributed by atoms with van der Waals surface area (Å²) in [4.78, 5) is 0. The molecule has 2 rings (SSSR count). The van der Waals surface area contributed by atoms with Gasteiger partial charge in [-0.25, -0.2) is 0 Å². The summed E-state index contributed by atoms with van der Waals surface area (Å²) >= 11 is 0. The first kappa shape index (κ1) is 12.2. The van der Waals surface area contributed by atoms with Gasteiger partial charge in [-0.3, -0.25) is 0 Å². The van der Waals surface area contributed by atoms with Gasteiger partial charge in [0.1, 0.15) is 6.61 Å². The lowest BCUT2D eigenvalue weighted by atomic mass is 9.98. The summed E-state index contributed by atoms with van der Waals surface area (Å²) in [6, 6.07) is 7.58. The Morgan fingerprint density at radius 1 is 1.35 bits per heavy atom. The molecule has 1 aliphatic heterocycles. The number of benzene rings is 1. The van der Waals surface area contributed by atoms with E-state index in [1.165, 1.54) is 0 Å². The third-order valence-corrected chi connectivity index (χ3v) is 3.30. The first-order chi connectivity index (χ1) is 8.20. The monoisotopic (exact) mass is 236 g/mol. The molecule has 0 saturated carbocycles. The Balaban J connectivity index is 1.97. The van der Waals surface area contributed by atoms with E-state index >= 15 is 0 Å². The molecule has 17 heavy (non-hydrogen) atoms. The summed E-state index contributed by atoms with van der Waals surface area (Å²) in [5, 5.41) is 10.1. The van der Waals surface area contributed by atoms with Crippen LogP contribution in [0.2, 0.25) is 0 Å². The van der Waals surface area contributed by atoms with Gasteiger partial charge in [0, 0.05) is 0 Å². The fraction of sp³-hybridized carbons (Fsp3) is 0.571. The molecule has 3 unspecified atom stereocenters. The zero-order valence-electron chi connectivity index (χ0n) is 10.4. The fourth-order valence-electron chi connectivity index (χ4n) is 1.96. The van der Waals surface area contributed by atoms with Gasteiger partial charge in [-0.15, -0.1) is 0 Å². The second-order valence-electron chi connectivity index (χ2n) is 4.73. The average molecular weight is 236 g/mol. The maximum Gasteiger partial charge on any atom is 0.161 e. The molecule has 0 aliphatic carbocycles. The predicted octanol–water partition coefficient (Wildman–Crippen LogP) is 2.62. The molecule has 0 radical (unpaired) electrons. The van der Waals surface area contributed by atoms with Gasteiger partial charge in [0.05, 0.1) is 6.10 Å². The lowest BCUT2D eigenvalue weighted by molar-refractivity contribution is -0.0198. The Labute approximate surface area is 102 Å². The van der Waals surface area contributed by atoms with Crippen LogP contribution in [0.25, 0.3) is 0 Å². The topological polar surface area (TPSA) is 38.7 Å². The number of hydrogen-bond donors (Lipinski definition) is 1. The predicted molar refractivity (Wildman–Crippen MR) is 66.4 cm³/mol. The highest BCUT2D eigenvalue weighted by Gasteiger charge is 2.28. The second kappa shape index (κ2) is 5.41. The molecule has 0 fully saturated rings. The fourth-order valence-corrected chi connectivity index (χ4v) is 1.96. The van der Waals surface area contributed by atoms with Crippen LogP contribution in [0.5, 0.6) is 11.5 Å². The number of aliphatic hydroxyl groups excluding tert-OH is 1. The minimum Gasteiger partial charge on any atom is -0.486 e. The molecular weight excluding hydrogens is 216 g/mol. The number of hydrogen-bond acceptors (Lipinski definition) is 3. The molecule has 0 amide bonds. The van der Waals surface area contributed by atoms with Crippen LogP contribution >= 0.6 is 0 Å². The summed E-state index contributed by atoms with van der Waals surface area (Å²) in [7, 11) is 0. The largest absolute Gasteiger partial charge is 0.486 e. The molecule has 3 atom stereocenters. The molecule has 1 heterocycles. The van der Waals surface area contributed by atoms with Crippen LogP contribution in [-0.2, 0) is 0 Å². The van der Waals surface area contributed by atoms with E-state index in [9.17, 15) is 5.11 Å². The van der Waals surface area contributed by atoms with Crippen molar-refractivity contribution in [2.75, 3.05) is 6.61 Å². The van der Waals surface area contributed by atoms with Crippen LogP contribution in [0, 0.1) is 5.92 Å². The first-order valence-electron chi connectivity index (χ1n) is 6.27. The third kappa shape index (κ3) is 2.91. The van der Waals surface area contributed by atoms with Crippen LogP contribution in [0.1, 0.15) is 26.7 Å². The summed E-state index contributed by atoms with van der Waals surface area (Å²) in [6.07, 6.45) is 1.12. The molecule has 94 valence electrons. The van der Waals surface area contributed by atoms with E-state index in [2.05, 4.69) is 13.8 Å². The maximum atomic E-state index is 10.1. The van der Waals surface area contributed by atoms with Crippen LogP contribution < -0.4 is 9.47 Å². The van der Waals surface area contributed by atoms with Gasteiger partial charge < -0.3 is 14.6 Å². The van der Waals surface area contributed by atoms with Crippen LogP contribution in [-0.4, -0.2) is 23.9 Å². The van der Waals surface area contributed by atoms with Gasteiger partial charge in [-0.05, 0) is 24.5 Å². The van der Waals surface area contributed by atoms with Gasteiger partial charge in [0.25, 0.3) is 0 Å². The van der Waals surface area contributed by atoms with Gasteiger partial charge in [0.15, 0.2) is 17.6 Å². The number of aliphatic hydroxyl groups is 1. The molecule has 3 heteroatoms. The quantitative estimate of drug-likeness (QED) is 0.873. The summed E-state index contributed by atoms with van der Waals surface area (Å²) < 4.78 is 11.4. The van der Waals surface area contributed by atoms with Crippen molar-refractivity contribution in [2.45, 2.75) is 38.9 Å². The summed E-state index contributed by atoms with van der Waals surface area (Å²) in [5.74, 6) is 2.00. The Kier molecular flexibility index (Phi) is 3.89. The maximum absolute atomic E-state index is 10.1. The minimum absolute atomic E-state index is 0.251. The smallest absolute Gasteiger partial charge is 0.161 e. The van der Waals surface area contributed by atoms with Gasteiger partial charge >= 0.3 is 0 Å². The van der Waals surface area contributed by atoms with Crippen LogP contribution in [0.4, 0.5) is 0 Å². The highest BCUT2D eigenvalue weighted by Crippen LogP contribution is 2.32. The van der Waals surface area contributed by atoms with E-state index in [-0.39, 0.29) is 6.10 Å². The molecule has 1 aromatic carbocycles. The molecule has 0 bridgehead atoms.